The zero-order chi connectivity index (χ0) is 8.74. The molecule has 0 atom stereocenters. The van der Waals surface area contributed by atoms with Gasteiger partial charge in [-0.25, -0.2) is 0 Å². The Labute approximate surface area is 87.0 Å². The van der Waals surface area contributed by atoms with Crippen LogP contribution in [0, 0.1) is 0 Å². The Morgan fingerprint density at radius 3 is 1.25 bits per heavy atom. The largest absolute Gasteiger partial charge is 0.813 e. The van der Waals surface area contributed by atoms with Crippen molar-refractivity contribution < 1.29 is 3.89 Å². The molecule has 0 radical (unpaired) electrons. The van der Waals surface area contributed by atoms with Gasteiger partial charge in [0, 0.05) is 19.6 Å². The molecule has 0 amide bonds. The maximum absolute atomic E-state index is 5.43. The van der Waals surface area contributed by atoms with Gasteiger partial charge in [0.25, 0.3) is 0 Å². The molecule has 4 nitrogen and oxygen atoms in total. The molecule has 0 spiro atoms. The number of thiol groups is 2. The minimum atomic E-state index is 0. The van der Waals surface area contributed by atoms with Crippen LogP contribution in [0.5, 0.6) is 0 Å². The summed E-state index contributed by atoms with van der Waals surface area (Å²) in [6, 6.07) is 0. The van der Waals surface area contributed by atoms with E-state index in [1.54, 1.807) is 0 Å². The molecule has 0 aromatic carbocycles. The lowest BCUT2D eigenvalue weighted by atomic mass is 10.4. The van der Waals surface area contributed by atoms with E-state index in [9.17, 15) is 0 Å². The summed E-state index contributed by atoms with van der Waals surface area (Å²) in [4.78, 5) is 0. The Kier molecular flexibility index (Phi) is 10.2. The van der Waals surface area contributed by atoms with Gasteiger partial charge in [-0.3, -0.25) is 3.89 Å². The highest BCUT2D eigenvalue weighted by Crippen LogP contribution is 2.07. The van der Waals surface area contributed by atoms with E-state index in [0.717, 1.165) is 19.6 Å². The maximum Gasteiger partial charge on any atom is 0.102 e. The van der Waals surface area contributed by atoms with Gasteiger partial charge in [0.1, 0.15) is 19.6 Å². The standard InChI is InChI=1S/C6H19N4S.H2S/c7-1-4-10(11,5-2-8)6-3-9;/h11H,1-9H2;1H2/q+1;/p-1. The van der Waals surface area contributed by atoms with Crippen LogP contribution >= 0.6 is 12.8 Å². The van der Waals surface area contributed by atoms with Crippen LogP contribution in [0.15, 0.2) is 0 Å². The quantitative estimate of drug-likeness (QED) is 0.239. The third-order valence-corrected chi connectivity index (χ3v) is 2.24. The first-order valence-electron chi connectivity index (χ1n) is 3.87. The normalized spacial score (nSPS) is 11.0. The number of hydrogen-bond donors (Lipinski definition) is 4. The van der Waals surface area contributed by atoms with Crippen LogP contribution in [0.4, 0.5) is 0 Å². The van der Waals surface area contributed by atoms with Gasteiger partial charge in [-0.2, -0.15) is 0 Å². The second-order valence-corrected chi connectivity index (χ2v) is 3.48. The Hall–Kier alpha value is 0.540. The van der Waals surface area contributed by atoms with Crippen molar-refractivity contribution in [2.24, 2.45) is 17.2 Å². The predicted molar refractivity (Wildman–Crippen MR) is 59.8 cm³/mol. The van der Waals surface area contributed by atoms with E-state index in [2.05, 4.69) is 12.8 Å². The summed E-state index contributed by atoms with van der Waals surface area (Å²) < 4.78 is 0.601. The topological polar surface area (TPSA) is 78.1 Å². The SMILES string of the molecule is NCC[N+](S)(CCN)CCN.[SH-]. The van der Waals surface area contributed by atoms with Crippen molar-refractivity contribution in [3.63, 3.8) is 0 Å². The van der Waals surface area contributed by atoms with Crippen molar-refractivity contribution in [1.82, 2.24) is 0 Å². The first-order chi connectivity index (χ1) is 5.18. The zero-order valence-electron chi connectivity index (χ0n) is 7.32. The summed E-state index contributed by atoms with van der Waals surface area (Å²) in [5, 5.41) is 0. The first kappa shape index (κ1) is 15.0. The molecule has 0 saturated heterocycles. The molecule has 0 aromatic heterocycles. The van der Waals surface area contributed by atoms with E-state index in [1.807, 2.05) is 0 Å². The summed E-state index contributed by atoms with van der Waals surface area (Å²) in [5.41, 5.74) is 16.3. The third kappa shape index (κ3) is 6.10. The van der Waals surface area contributed by atoms with E-state index < -0.39 is 0 Å². The second kappa shape index (κ2) is 8.15. The molecular formula is C6H20N4S2. The smallest absolute Gasteiger partial charge is 0.102 e. The van der Waals surface area contributed by atoms with E-state index in [0.29, 0.717) is 23.5 Å². The zero-order valence-corrected chi connectivity index (χ0v) is 9.11. The monoisotopic (exact) mass is 212 g/mol. The van der Waals surface area contributed by atoms with Crippen LogP contribution in [-0.4, -0.2) is 43.2 Å². The molecule has 0 aliphatic rings. The molecule has 0 fully saturated rings. The van der Waals surface area contributed by atoms with Crippen molar-refractivity contribution in [3.8, 4) is 0 Å². The lowest BCUT2D eigenvalue weighted by molar-refractivity contribution is -0.787. The lowest BCUT2D eigenvalue weighted by Gasteiger charge is -2.30. The highest BCUT2D eigenvalue weighted by Gasteiger charge is 2.19. The molecule has 76 valence electrons. The van der Waals surface area contributed by atoms with Crippen molar-refractivity contribution in [1.29, 1.82) is 0 Å². The van der Waals surface area contributed by atoms with Gasteiger partial charge in [-0.15, -0.1) is 0 Å². The molecule has 0 unspecified atom stereocenters. The Morgan fingerprint density at radius 1 is 0.833 bits per heavy atom. The fourth-order valence-corrected chi connectivity index (χ4v) is 1.40. The second-order valence-electron chi connectivity index (χ2n) is 2.63. The number of quaternary nitrogens is 1. The molecular weight excluding hydrogens is 192 g/mol. The number of rotatable bonds is 6. The van der Waals surface area contributed by atoms with Crippen LogP contribution in [0.25, 0.3) is 0 Å². The summed E-state index contributed by atoms with van der Waals surface area (Å²) in [6.45, 7) is 4.38. The average molecular weight is 212 g/mol. The summed E-state index contributed by atoms with van der Waals surface area (Å²) in [7, 11) is 0. The van der Waals surface area contributed by atoms with Crippen molar-refractivity contribution in [2.45, 2.75) is 0 Å². The fourth-order valence-electron chi connectivity index (χ4n) is 1.06. The Bertz CT molecular complexity index is 84.5. The van der Waals surface area contributed by atoms with Crippen LogP contribution < -0.4 is 17.2 Å². The van der Waals surface area contributed by atoms with Crippen LogP contribution in [-0.2, 0) is 13.5 Å². The Balaban J connectivity index is 0. The van der Waals surface area contributed by atoms with Crippen LogP contribution in [0.3, 0.4) is 0 Å². The lowest BCUT2D eigenvalue weighted by Crippen LogP contribution is -2.48. The molecule has 0 aliphatic heterocycles. The summed E-state index contributed by atoms with van der Waals surface area (Å²) >= 11 is 4.46. The van der Waals surface area contributed by atoms with E-state index in [1.165, 1.54) is 0 Å². The summed E-state index contributed by atoms with van der Waals surface area (Å²) in [6.07, 6.45) is 0. The minimum absolute atomic E-state index is 0. The predicted octanol–water partition coefficient (Wildman–Crippen LogP) is -1.75. The first-order valence-corrected chi connectivity index (χ1v) is 4.27. The molecule has 0 bridgehead atoms. The molecule has 0 saturated carbocycles. The number of nitrogens with two attached hydrogens (primary N) is 3. The van der Waals surface area contributed by atoms with Gasteiger partial charge in [0.15, 0.2) is 0 Å². The Morgan fingerprint density at radius 2 is 1.08 bits per heavy atom. The van der Waals surface area contributed by atoms with Crippen molar-refractivity contribution >= 4 is 26.3 Å². The molecule has 0 heterocycles. The maximum atomic E-state index is 5.43. The van der Waals surface area contributed by atoms with Crippen molar-refractivity contribution in [3.05, 3.63) is 0 Å². The van der Waals surface area contributed by atoms with Gasteiger partial charge in [0.05, 0.1) is 12.8 Å². The fraction of sp³-hybridized carbons (Fsp3) is 1.00. The molecule has 6 N–H and O–H groups in total. The number of hydrogen-bond acceptors (Lipinski definition) is 5. The van der Waals surface area contributed by atoms with E-state index in [4.69, 9.17) is 17.2 Å². The molecule has 0 rings (SSSR count). The summed E-state index contributed by atoms with van der Waals surface area (Å²) in [5.74, 6) is 0. The third-order valence-electron chi connectivity index (χ3n) is 1.64. The van der Waals surface area contributed by atoms with Crippen molar-refractivity contribution in [2.75, 3.05) is 39.3 Å². The van der Waals surface area contributed by atoms with E-state index in [-0.39, 0.29) is 13.5 Å². The van der Waals surface area contributed by atoms with Gasteiger partial charge >= 0.3 is 0 Å². The average Bonchev–Trinajstić information content (AvgIpc) is 1.88. The van der Waals surface area contributed by atoms with Gasteiger partial charge in [-0.05, 0) is 0 Å². The molecule has 12 heavy (non-hydrogen) atoms. The highest BCUT2D eigenvalue weighted by atomic mass is 32.1. The van der Waals surface area contributed by atoms with Gasteiger partial charge in [-0.1, -0.05) is 0 Å². The van der Waals surface area contributed by atoms with Gasteiger partial charge < -0.3 is 30.7 Å². The van der Waals surface area contributed by atoms with Gasteiger partial charge in [0.2, 0.25) is 0 Å². The van der Waals surface area contributed by atoms with Crippen LogP contribution in [0.1, 0.15) is 0 Å². The highest BCUT2D eigenvalue weighted by molar-refractivity contribution is 7.74. The van der Waals surface area contributed by atoms with E-state index >= 15 is 0 Å². The molecule has 0 aromatic rings. The molecule has 0 aliphatic carbocycles. The van der Waals surface area contributed by atoms with Crippen LogP contribution in [0.2, 0.25) is 0 Å². The minimum Gasteiger partial charge on any atom is -0.813 e. The molecule has 6 heteroatoms. The number of nitrogens with zero attached hydrogens (tertiary/aromatic N) is 1.